The van der Waals surface area contributed by atoms with E-state index in [0.717, 1.165) is 0 Å². The van der Waals surface area contributed by atoms with Crippen LogP contribution in [0.2, 0.25) is 0 Å². The first kappa shape index (κ1) is 16.2. The molecule has 0 aliphatic carbocycles. The molecule has 8 nitrogen and oxygen atoms in total. The zero-order valence-electron chi connectivity index (χ0n) is 10.8. The Morgan fingerprint density at radius 1 is 1.22 bits per heavy atom. The van der Waals surface area contributed by atoms with Gasteiger partial charge in [0.15, 0.2) is 0 Å². The molecule has 0 rings (SSSR count). The molecule has 8 heteroatoms. The van der Waals surface area contributed by atoms with Crippen LogP contribution in [0.1, 0.15) is 6.92 Å². The van der Waals surface area contributed by atoms with Crippen molar-refractivity contribution in [1.29, 1.82) is 0 Å². The maximum atomic E-state index is 11.1. The molecular formula is C10H20N4O4. The van der Waals surface area contributed by atoms with Gasteiger partial charge in [-0.05, 0) is 0 Å². The highest BCUT2D eigenvalue weighted by molar-refractivity contribution is 5.82. The van der Waals surface area contributed by atoms with Gasteiger partial charge in [0.1, 0.15) is 6.04 Å². The van der Waals surface area contributed by atoms with Crippen LogP contribution in [0, 0.1) is 0 Å². The molecule has 0 aromatic rings. The topological polar surface area (TPSA) is 111 Å². The molecule has 0 bridgehead atoms. The van der Waals surface area contributed by atoms with Gasteiger partial charge in [0.2, 0.25) is 5.91 Å². The van der Waals surface area contributed by atoms with E-state index in [-0.39, 0.29) is 12.6 Å². The fourth-order valence-electron chi connectivity index (χ4n) is 1.11. The summed E-state index contributed by atoms with van der Waals surface area (Å²) in [7, 11) is 3.25. The van der Waals surface area contributed by atoms with E-state index in [0.29, 0.717) is 13.1 Å². The third-order valence-corrected chi connectivity index (χ3v) is 2.01. The predicted molar refractivity (Wildman–Crippen MR) is 65.2 cm³/mol. The molecule has 0 aromatic heterocycles. The number of amides is 3. The minimum absolute atomic E-state index is 0.104. The molecule has 4 N–H and O–H groups in total. The lowest BCUT2D eigenvalue weighted by atomic mass is 10.3. The summed E-state index contributed by atoms with van der Waals surface area (Å²) in [6.07, 6.45) is 0. The first-order chi connectivity index (χ1) is 8.34. The van der Waals surface area contributed by atoms with Crippen LogP contribution in [-0.2, 0) is 9.59 Å². The number of carbonyl (C=O) groups excluding carboxylic acids is 2. The molecule has 104 valence electrons. The second-order valence-electron chi connectivity index (χ2n) is 3.92. The maximum Gasteiger partial charge on any atom is 0.327 e. The Hall–Kier alpha value is -1.83. The van der Waals surface area contributed by atoms with E-state index in [1.54, 1.807) is 14.1 Å². The quantitative estimate of drug-likeness (QED) is 0.414. The van der Waals surface area contributed by atoms with Crippen molar-refractivity contribution in [2.45, 2.75) is 13.0 Å². The van der Waals surface area contributed by atoms with E-state index in [4.69, 9.17) is 5.11 Å². The minimum atomic E-state index is -1.10. The highest BCUT2D eigenvalue weighted by Crippen LogP contribution is 1.82. The van der Waals surface area contributed by atoms with Crippen LogP contribution < -0.4 is 16.0 Å². The zero-order chi connectivity index (χ0) is 14.1. The fraction of sp³-hybridized carbons (Fsp3) is 0.700. The number of carboxylic acid groups (broad SMARTS) is 1. The molecule has 0 radical (unpaired) electrons. The van der Waals surface area contributed by atoms with Crippen molar-refractivity contribution in [3.8, 4) is 0 Å². The van der Waals surface area contributed by atoms with Gasteiger partial charge in [0.05, 0.1) is 0 Å². The molecule has 0 heterocycles. The standard InChI is InChI=1S/C10H20N4O4/c1-7(15)13-8(9(16)17)6-11-4-5-12-10(18)14(2)3/h8,11H,4-6H2,1-3H3,(H,12,18)(H,13,15)(H,16,17). The van der Waals surface area contributed by atoms with Crippen LogP contribution in [0.3, 0.4) is 0 Å². The van der Waals surface area contributed by atoms with Gasteiger partial charge in [-0.2, -0.15) is 0 Å². The zero-order valence-corrected chi connectivity index (χ0v) is 10.8. The van der Waals surface area contributed by atoms with Gasteiger partial charge in [-0.25, -0.2) is 9.59 Å². The van der Waals surface area contributed by atoms with Gasteiger partial charge < -0.3 is 26.0 Å². The van der Waals surface area contributed by atoms with Crippen LogP contribution >= 0.6 is 0 Å². The molecule has 0 saturated carbocycles. The Balaban J connectivity index is 3.77. The lowest BCUT2D eigenvalue weighted by Crippen LogP contribution is -2.48. The van der Waals surface area contributed by atoms with Gasteiger partial charge in [0.25, 0.3) is 0 Å². The number of nitrogens with one attached hydrogen (secondary N) is 3. The van der Waals surface area contributed by atoms with E-state index in [1.807, 2.05) is 0 Å². The number of nitrogens with zero attached hydrogens (tertiary/aromatic N) is 1. The lowest BCUT2D eigenvalue weighted by molar-refractivity contribution is -0.141. The van der Waals surface area contributed by atoms with Crippen molar-refractivity contribution in [2.75, 3.05) is 33.7 Å². The molecule has 0 fully saturated rings. The predicted octanol–water partition coefficient (Wildman–Crippen LogP) is -1.56. The minimum Gasteiger partial charge on any atom is -0.480 e. The van der Waals surface area contributed by atoms with E-state index in [2.05, 4.69) is 16.0 Å². The number of hydrogen-bond acceptors (Lipinski definition) is 4. The number of hydrogen-bond donors (Lipinski definition) is 4. The number of carboxylic acids is 1. The molecule has 3 amide bonds. The molecule has 18 heavy (non-hydrogen) atoms. The molecule has 0 spiro atoms. The fourth-order valence-corrected chi connectivity index (χ4v) is 1.11. The van der Waals surface area contributed by atoms with Crippen molar-refractivity contribution >= 4 is 17.9 Å². The maximum absolute atomic E-state index is 11.1. The summed E-state index contributed by atoms with van der Waals surface area (Å²) in [5.41, 5.74) is 0. The molecular weight excluding hydrogens is 240 g/mol. The second-order valence-corrected chi connectivity index (χ2v) is 3.92. The molecule has 1 unspecified atom stereocenters. The van der Waals surface area contributed by atoms with Crippen molar-refractivity contribution in [3.05, 3.63) is 0 Å². The van der Waals surface area contributed by atoms with Gasteiger partial charge in [-0.1, -0.05) is 0 Å². The highest BCUT2D eigenvalue weighted by Gasteiger charge is 2.17. The van der Waals surface area contributed by atoms with Gasteiger partial charge in [-0.15, -0.1) is 0 Å². The molecule has 0 aromatic carbocycles. The highest BCUT2D eigenvalue weighted by atomic mass is 16.4. The SMILES string of the molecule is CC(=O)NC(CNCCNC(=O)N(C)C)C(=O)O. The monoisotopic (exact) mass is 260 g/mol. The van der Waals surface area contributed by atoms with Crippen molar-refractivity contribution in [3.63, 3.8) is 0 Å². The summed E-state index contributed by atoms with van der Waals surface area (Å²) in [6.45, 7) is 2.16. The number of carbonyl (C=O) groups is 3. The third-order valence-electron chi connectivity index (χ3n) is 2.01. The third kappa shape index (κ3) is 7.44. The molecule has 1 atom stereocenters. The van der Waals surface area contributed by atoms with Gasteiger partial charge >= 0.3 is 12.0 Å². The second kappa shape index (κ2) is 8.29. The summed E-state index contributed by atoms with van der Waals surface area (Å²) < 4.78 is 0. The van der Waals surface area contributed by atoms with E-state index in [1.165, 1.54) is 11.8 Å². The van der Waals surface area contributed by atoms with E-state index in [9.17, 15) is 14.4 Å². The van der Waals surface area contributed by atoms with Crippen molar-refractivity contribution in [2.24, 2.45) is 0 Å². The smallest absolute Gasteiger partial charge is 0.327 e. The Bertz CT molecular complexity index is 306. The number of rotatable bonds is 7. The van der Waals surface area contributed by atoms with Crippen LogP contribution in [0.15, 0.2) is 0 Å². The number of aliphatic carboxylic acids is 1. The summed E-state index contributed by atoms with van der Waals surface area (Å²) in [5.74, 6) is -1.50. The van der Waals surface area contributed by atoms with Crippen molar-refractivity contribution in [1.82, 2.24) is 20.9 Å². The Kier molecular flexibility index (Phi) is 7.45. The van der Waals surface area contributed by atoms with Gasteiger partial charge in [-0.3, -0.25) is 4.79 Å². The summed E-state index contributed by atoms with van der Waals surface area (Å²) in [4.78, 5) is 34.0. The average Bonchev–Trinajstić information content (AvgIpc) is 2.25. The Morgan fingerprint density at radius 3 is 2.28 bits per heavy atom. The number of urea groups is 1. The summed E-state index contributed by atoms with van der Waals surface area (Å²) in [6, 6.07) is -1.18. The van der Waals surface area contributed by atoms with Crippen LogP contribution in [0.25, 0.3) is 0 Å². The van der Waals surface area contributed by atoms with Crippen LogP contribution in [0.4, 0.5) is 4.79 Å². The Morgan fingerprint density at radius 2 is 1.83 bits per heavy atom. The largest absolute Gasteiger partial charge is 0.480 e. The normalized spacial score (nSPS) is 11.5. The van der Waals surface area contributed by atoms with Crippen LogP contribution in [-0.4, -0.2) is 67.7 Å². The first-order valence-electron chi connectivity index (χ1n) is 5.50. The Labute approximate surface area is 106 Å². The van der Waals surface area contributed by atoms with E-state index >= 15 is 0 Å². The molecule has 0 aliphatic rings. The van der Waals surface area contributed by atoms with Gasteiger partial charge in [0, 0.05) is 40.7 Å². The average molecular weight is 260 g/mol. The first-order valence-corrected chi connectivity index (χ1v) is 5.50. The summed E-state index contributed by atoms with van der Waals surface area (Å²) >= 11 is 0. The summed E-state index contributed by atoms with van der Waals surface area (Å²) in [5, 5.41) is 16.6. The lowest BCUT2D eigenvalue weighted by Gasteiger charge is -2.15. The molecule has 0 aliphatic heterocycles. The van der Waals surface area contributed by atoms with Crippen molar-refractivity contribution < 1.29 is 19.5 Å². The van der Waals surface area contributed by atoms with Crippen LogP contribution in [0.5, 0.6) is 0 Å². The van der Waals surface area contributed by atoms with E-state index < -0.39 is 17.9 Å². The molecule has 0 saturated heterocycles.